The van der Waals surface area contributed by atoms with Gasteiger partial charge in [0.1, 0.15) is 5.69 Å². The van der Waals surface area contributed by atoms with Crippen LogP contribution in [0, 0.1) is 24.0 Å². The molecule has 1 fully saturated rings. The summed E-state index contributed by atoms with van der Waals surface area (Å²) in [5.74, 6) is 0. The number of aliphatic hydroxyl groups is 1. The molecule has 1 unspecified atom stereocenters. The van der Waals surface area contributed by atoms with Gasteiger partial charge in [0.05, 0.1) is 21.6 Å². The van der Waals surface area contributed by atoms with Gasteiger partial charge in [-0.15, -0.1) is 0 Å². The molecule has 9 heteroatoms. The molecular formula is C19H23N3O5S. The number of anilines is 2. The Kier molecular flexibility index (Phi) is 5.57. The molecule has 0 spiro atoms. The molecule has 1 atom stereocenters. The molecule has 0 aliphatic carbocycles. The molecule has 0 aromatic heterocycles. The van der Waals surface area contributed by atoms with Gasteiger partial charge in [-0.25, -0.2) is 8.42 Å². The summed E-state index contributed by atoms with van der Waals surface area (Å²) in [6, 6.07) is 9.17. The minimum atomic E-state index is -3.99. The van der Waals surface area contributed by atoms with Crippen molar-refractivity contribution < 1.29 is 18.4 Å². The van der Waals surface area contributed by atoms with Crippen LogP contribution in [0.5, 0.6) is 0 Å². The number of nitro benzene ring substituents is 1. The Morgan fingerprint density at radius 2 is 1.96 bits per heavy atom. The Hall–Kier alpha value is -2.65. The minimum Gasteiger partial charge on any atom is -0.391 e. The lowest BCUT2D eigenvalue weighted by molar-refractivity contribution is -0.384. The van der Waals surface area contributed by atoms with Gasteiger partial charge in [0.2, 0.25) is 0 Å². The SMILES string of the molecule is Cc1ccc(NS(=O)(=O)c2ccc(N3CCCC(O)C3)c([N+](=O)[O-])c2)c(C)c1. The van der Waals surface area contributed by atoms with E-state index in [4.69, 9.17) is 0 Å². The normalized spacial score (nSPS) is 17.4. The van der Waals surface area contributed by atoms with Crippen LogP contribution in [-0.2, 0) is 10.0 Å². The maximum absolute atomic E-state index is 12.8. The van der Waals surface area contributed by atoms with Gasteiger partial charge in [-0.1, -0.05) is 17.7 Å². The molecule has 0 amide bonds. The molecule has 3 rings (SSSR count). The van der Waals surface area contributed by atoms with Crippen LogP contribution in [0.4, 0.5) is 17.1 Å². The molecule has 1 aliphatic rings. The molecule has 0 saturated carbocycles. The molecule has 0 bridgehead atoms. The van der Waals surface area contributed by atoms with E-state index in [-0.39, 0.29) is 17.1 Å². The molecule has 2 N–H and O–H groups in total. The van der Waals surface area contributed by atoms with Crippen molar-refractivity contribution in [2.24, 2.45) is 0 Å². The van der Waals surface area contributed by atoms with Crippen molar-refractivity contribution in [2.45, 2.75) is 37.7 Å². The van der Waals surface area contributed by atoms with Crippen LogP contribution in [0.1, 0.15) is 24.0 Å². The summed E-state index contributed by atoms with van der Waals surface area (Å²) in [5, 5.41) is 21.4. The maximum atomic E-state index is 12.8. The van der Waals surface area contributed by atoms with Crippen molar-refractivity contribution in [3.8, 4) is 0 Å². The topological polar surface area (TPSA) is 113 Å². The first-order valence-corrected chi connectivity index (χ1v) is 10.5. The van der Waals surface area contributed by atoms with Gasteiger partial charge < -0.3 is 10.0 Å². The fourth-order valence-corrected chi connectivity index (χ4v) is 4.54. The number of nitrogens with zero attached hydrogens (tertiary/aromatic N) is 2. The molecule has 1 saturated heterocycles. The van der Waals surface area contributed by atoms with Crippen molar-refractivity contribution in [1.29, 1.82) is 0 Å². The quantitative estimate of drug-likeness (QED) is 0.584. The fraction of sp³-hybridized carbons (Fsp3) is 0.368. The van der Waals surface area contributed by atoms with E-state index < -0.39 is 21.1 Å². The Bertz CT molecular complexity index is 1010. The zero-order valence-corrected chi connectivity index (χ0v) is 16.6. The fourth-order valence-electron chi connectivity index (χ4n) is 3.39. The van der Waals surface area contributed by atoms with Crippen LogP contribution in [-0.4, -0.2) is 37.6 Å². The van der Waals surface area contributed by atoms with E-state index in [1.165, 1.54) is 12.1 Å². The van der Waals surface area contributed by atoms with Gasteiger partial charge >= 0.3 is 0 Å². The number of rotatable bonds is 5. The van der Waals surface area contributed by atoms with E-state index in [0.29, 0.717) is 30.8 Å². The van der Waals surface area contributed by atoms with E-state index >= 15 is 0 Å². The van der Waals surface area contributed by atoms with Crippen LogP contribution in [0.15, 0.2) is 41.3 Å². The van der Waals surface area contributed by atoms with E-state index in [1.54, 1.807) is 24.0 Å². The number of hydrogen-bond donors (Lipinski definition) is 2. The number of sulfonamides is 1. The number of nitrogens with one attached hydrogen (secondary N) is 1. The lowest BCUT2D eigenvalue weighted by Gasteiger charge is -2.31. The van der Waals surface area contributed by atoms with Gasteiger partial charge in [0.15, 0.2) is 0 Å². The molecule has 0 radical (unpaired) electrons. The van der Waals surface area contributed by atoms with Gasteiger partial charge in [0, 0.05) is 19.2 Å². The Labute approximate surface area is 164 Å². The second-order valence-electron chi connectivity index (χ2n) is 7.07. The van der Waals surface area contributed by atoms with Crippen LogP contribution in [0.2, 0.25) is 0 Å². The van der Waals surface area contributed by atoms with E-state index in [1.807, 2.05) is 13.0 Å². The summed E-state index contributed by atoms with van der Waals surface area (Å²) in [4.78, 5) is 12.5. The third kappa shape index (κ3) is 4.26. The smallest absolute Gasteiger partial charge is 0.293 e. The molecule has 8 nitrogen and oxygen atoms in total. The second-order valence-corrected chi connectivity index (χ2v) is 8.76. The van der Waals surface area contributed by atoms with Crippen molar-refractivity contribution in [3.63, 3.8) is 0 Å². The van der Waals surface area contributed by atoms with Gasteiger partial charge in [0.25, 0.3) is 15.7 Å². The van der Waals surface area contributed by atoms with Crippen molar-refractivity contribution in [2.75, 3.05) is 22.7 Å². The number of piperidine rings is 1. The summed E-state index contributed by atoms with van der Waals surface area (Å²) in [5.41, 5.74) is 2.21. The number of aliphatic hydroxyl groups excluding tert-OH is 1. The first kappa shape index (κ1) is 20.1. The molecule has 28 heavy (non-hydrogen) atoms. The Balaban J connectivity index is 1.95. The number of nitro groups is 1. The average Bonchev–Trinajstić information content (AvgIpc) is 2.63. The average molecular weight is 405 g/mol. The maximum Gasteiger partial charge on any atom is 0.293 e. The third-order valence-corrected chi connectivity index (χ3v) is 6.18. The first-order valence-electron chi connectivity index (χ1n) is 8.99. The number of benzene rings is 2. The predicted octanol–water partition coefficient (Wildman–Crippen LogP) is 2.97. The monoisotopic (exact) mass is 405 g/mol. The minimum absolute atomic E-state index is 0.180. The van der Waals surface area contributed by atoms with Gasteiger partial charge in [-0.2, -0.15) is 0 Å². The van der Waals surface area contributed by atoms with Crippen LogP contribution < -0.4 is 9.62 Å². The molecular weight excluding hydrogens is 382 g/mol. The Morgan fingerprint density at radius 1 is 1.21 bits per heavy atom. The zero-order chi connectivity index (χ0) is 20.5. The highest BCUT2D eigenvalue weighted by atomic mass is 32.2. The van der Waals surface area contributed by atoms with E-state index in [0.717, 1.165) is 17.2 Å². The highest BCUT2D eigenvalue weighted by molar-refractivity contribution is 7.92. The Morgan fingerprint density at radius 3 is 2.61 bits per heavy atom. The standard InChI is InChI=1S/C19H23N3O5S/c1-13-5-7-17(14(2)10-13)20-28(26,27)16-6-8-18(19(11-16)22(24)25)21-9-3-4-15(23)12-21/h5-8,10-11,15,20,23H,3-4,9,12H2,1-2H3. The summed E-state index contributed by atoms with van der Waals surface area (Å²) in [6.07, 6.45) is 0.811. The molecule has 1 aliphatic heterocycles. The number of hydrogen-bond acceptors (Lipinski definition) is 6. The van der Waals surface area contributed by atoms with Crippen LogP contribution in [0.25, 0.3) is 0 Å². The van der Waals surface area contributed by atoms with E-state index in [9.17, 15) is 23.6 Å². The summed E-state index contributed by atoms with van der Waals surface area (Å²) >= 11 is 0. The lowest BCUT2D eigenvalue weighted by Crippen LogP contribution is -2.38. The highest BCUT2D eigenvalue weighted by Crippen LogP contribution is 2.33. The summed E-state index contributed by atoms with van der Waals surface area (Å²) < 4.78 is 28.0. The number of β-amino-alcohol motifs (C(OH)–C–C–N with tert-alkyl or cyclic N) is 1. The van der Waals surface area contributed by atoms with Crippen molar-refractivity contribution in [3.05, 3.63) is 57.6 Å². The zero-order valence-electron chi connectivity index (χ0n) is 15.8. The van der Waals surface area contributed by atoms with Gasteiger partial charge in [-0.05, 0) is 50.5 Å². The van der Waals surface area contributed by atoms with Gasteiger partial charge in [-0.3, -0.25) is 14.8 Å². The van der Waals surface area contributed by atoms with E-state index in [2.05, 4.69) is 4.72 Å². The highest BCUT2D eigenvalue weighted by Gasteiger charge is 2.27. The molecule has 2 aromatic carbocycles. The second kappa shape index (κ2) is 7.76. The van der Waals surface area contributed by atoms with Crippen LogP contribution in [0.3, 0.4) is 0 Å². The molecule has 1 heterocycles. The largest absolute Gasteiger partial charge is 0.391 e. The number of aryl methyl sites for hydroxylation is 2. The lowest BCUT2D eigenvalue weighted by atomic mass is 10.1. The summed E-state index contributed by atoms with van der Waals surface area (Å²) in [6.45, 7) is 4.56. The van der Waals surface area contributed by atoms with Crippen LogP contribution >= 0.6 is 0 Å². The molecule has 2 aromatic rings. The molecule has 150 valence electrons. The van der Waals surface area contributed by atoms with Crippen molar-refractivity contribution in [1.82, 2.24) is 0 Å². The predicted molar refractivity (Wildman–Crippen MR) is 107 cm³/mol. The third-order valence-electron chi connectivity index (χ3n) is 4.82. The summed E-state index contributed by atoms with van der Waals surface area (Å²) in [7, 11) is -3.99. The van der Waals surface area contributed by atoms with Crippen molar-refractivity contribution >= 4 is 27.1 Å². The first-order chi connectivity index (χ1) is 13.2.